The second-order valence-electron chi connectivity index (χ2n) is 3.52. The van der Waals surface area contributed by atoms with E-state index in [1.54, 1.807) is 0 Å². The topological polar surface area (TPSA) is 47.9 Å². The van der Waals surface area contributed by atoms with E-state index >= 15 is 0 Å². The predicted molar refractivity (Wildman–Crippen MR) is 37.8 cm³/mol. The third-order valence-electron chi connectivity index (χ3n) is 1.48. The summed E-state index contributed by atoms with van der Waals surface area (Å²) in [5, 5.41) is 9.35. The molecule has 64 valence electrons. The molecule has 0 bridgehead atoms. The molecule has 10 heavy (non-hydrogen) atoms. The van der Waals surface area contributed by atoms with E-state index in [1.807, 2.05) is 20.8 Å². The van der Waals surface area contributed by atoms with Crippen LogP contribution in [0.4, 0.5) is 0 Å². The van der Waals surface area contributed by atoms with E-state index in [0.717, 1.165) is 13.0 Å². The molecule has 0 radical (unpaired) electrons. The van der Waals surface area contributed by atoms with E-state index in [9.17, 15) is 5.11 Å². The van der Waals surface area contributed by atoms with Gasteiger partial charge in [0.1, 0.15) is 0 Å². The Balaban J connectivity index is 0. The van der Waals surface area contributed by atoms with E-state index in [1.165, 1.54) is 0 Å². The highest BCUT2D eigenvalue weighted by atomic mass is 35.5. The summed E-state index contributed by atoms with van der Waals surface area (Å²) < 4.78 is 0. The van der Waals surface area contributed by atoms with Crippen LogP contribution in [0, 0.1) is 5.41 Å². The van der Waals surface area contributed by atoms with Crippen LogP contribution >= 0.6 is 0 Å². The second kappa shape index (κ2) is 4.94. The number of hydrogen-bond donors (Lipinski definition) is 2. The number of rotatable bonds is 2. The maximum atomic E-state index is 9.35. The maximum Gasteiger partial charge on any atom is 0.0765 e. The highest BCUT2D eigenvalue weighted by molar-refractivity contribution is 4.71. The van der Waals surface area contributed by atoms with Gasteiger partial charge in [0.15, 0.2) is 0 Å². The predicted octanol–water partition coefficient (Wildman–Crippen LogP) is -2.97. The molecule has 1 atom stereocenters. The minimum Gasteiger partial charge on any atom is -1.00 e. The first-order valence-corrected chi connectivity index (χ1v) is 3.46. The Morgan fingerprint density at radius 1 is 1.40 bits per heavy atom. The molecule has 0 saturated heterocycles. The van der Waals surface area contributed by atoms with Crippen LogP contribution in [0.15, 0.2) is 0 Å². The molecule has 0 aliphatic heterocycles. The number of aliphatic hydroxyl groups is 1. The zero-order valence-electron chi connectivity index (χ0n) is 7.02. The van der Waals surface area contributed by atoms with Crippen molar-refractivity contribution in [2.24, 2.45) is 5.41 Å². The number of aliphatic hydroxyl groups excluding tert-OH is 1. The zero-order valence-corrected chi connectivity index (χ0v) is 7.78. The van der Waals surface area contributed by atoms with Gasteiger partial charge in [0.2, 0.25) is 0 Å². The normalized spacial score (nSPS) is 14.1. The van der Waals surface area contributed by atoms with Crippen LogP contribution in [0.1, 0.15) is 27.2 Å². The van der Waals surface area contributed by atoms with Crippen molar-refractivity contribution in [3.05, 3.63) is 0 Å². The second-order valence-corrected chi connectivity index (χ2v) is 3.52. The summed E-state index contributed by atoms with van der Waals surface area (Å²) in [4.78, 5) is 0. The van der Waals surface area contributed by atoms with Crippen LogP contribution in [0.2, 0.25) is 0 Å². The third-order valence-corrected chi connectivity index (χ3v) is 1.48. The van der Waals surface area contributed by atoms with Gasteiger partial charge in [-0.25, -0.2) is 0 Å². The van der Waals surface area contributed by atoms with Crippen molar-refractivity contribution in [1.82, 2.24) is 0 Å². The summed E-state index contributed by atoms with van der Waals surface area (Å²) in [7, 11) is 0. The molecule has 0 aromatic rings. The van der Waals surface area contributed by atoms with Gasteiger partial charge in [-0.15, -0.1) is 0 Å². The fourth-order valence-corrected chi connectivity index (χ4v) is 0.626. The van der Waals surface area contributed by atoms with Crippen LogP contribution < -0.4 is 18.1 Å². The van der Waals surface area contributed by atoms with Gasteiger partial charge in [-0.05, 0) is 5.41 Å². The average molecular weight is 168 g/mol. The molecule has 0 aliphatic rings. The van der Waals surface area contributed by atoms with Gasteiger partial charge >= 0.3 is 0 Å². The largest absolute Gasteiger partial charge is 1.00 e. The highest BCUT2D eigenvalue weighted by Gasteiger charge is 2.21. The van der Waals surface area contributed by atoms with Gasteiger partial charge in [-0.2, -0.15) is 0 Å². The van der Waals surface area contributed by atoms with Gasteiger partial charge in [0.05, 0.1) is 12.6 Å². The summed E-state index contributed by atoms with van der Waals surface area (Å²) in [6, 6.07) is 0. The van der Waals surface area contributed by atoms with Crippen LogP contribution in [-0.2, 0) is 0 Å². The molecule has 0 rings (SSSR count). The molecule has 0 fully saturated rings. The quantitative estimate of drug-likeness (QED) is 0.454. The summed E-state index contributed by atoms with van der Waals surface area (Å²) in [6.45, 7) is 6.92. The van der Waals surface area contributed by atoms with E-state index in [0.29, 0.717) is 0 Å². The third kappa shape index (κ3) is 5.03. The van der Waals surface area contributed by atoms with E-state index < -0.39 is 0 Å². The Labute approximate surface area is 69.2 Å². The molecule has 1 unspecified atom stereocenters. The van der Waals surface area contributed by atoms with Crippen molar-refractivity contribution in [3.8, 4) is 0 Å². The Bertz CT molecular complexity index is 80.2. The first-order valence-electron chi connectivity index (χ1n) is 3.46. The first-order chi connectivity index (χ1) is 3.98. The number of halogens is 1. The zero-order chi connectivity index (χ0) is 7.49. The van der Waals surface area contributed by atoms with Gasteiger partial charge in [-0.1, -0.05) is 20.8 Å². The SMILES string of the molecule is CC(C)(C)C(O)CC[NH3+].[Cl-]. The average Bonchev–Trinajstić information content (AvgIpc) is 1.64. The van der Waals surface area contributed by atoms with Crippen LogP contribution in [0.3, 0.4) is 0 Å². The molecule has 2 nitrogen and oxygen atoms in total. The van der Waals surface area contributed by atoms with Crippen molar-refractivity contribution in [3.63, 3.8) is 0 Å². The standard InChI is InChI=1S/C7H17NO.ClH/c1-7(2,3)6(9)4-5-8;/h6,9H,4-5,8H2,1-3H3;1H. The van der Waals surface area contributed by atoms with Gasteiger partial charge in [-0.3, -0.25) is 0 Å². The summed E-state index contributed by atoms with van der Waals surface area (Å²) in [5.74, 6) is 0. The Morgan fingerprint density at radius 2 is 1.80 bits per heavy atom. The smallest absolute Gasteiger partial charge is 0.0765 e. The van der Waals surface area contributed by atoms with E-state index in [-0.39, 0.29) is 23.9 Å². The van der Waals surface area contributed by atoms with Crippen LogP contribution in [-0.4, -0.2) is 17.8 Å². The van der Waals surface area contributed by atoms with Gasteiger partial charge in [0.25, 0.3) is 0 Å². The molecular formula is C7H18ClNO. The lowest BCUT2D eigenvalue weighted by atomic mass is 9.87. The molecule has 0 amide bonds. The fourth-order valence-electron chi connectivity index (χ4n) is 0.626. The fraction of sp³-hybridized carbons (Fsp3) is 1.00. The Morgan fingerprint density at radius 3 is 1.90 bits per heavy atom. The summed E-state index contributed by atoms with van der Waals surface area (Å²) in [5.41, 5.74) is 3.70. The molecule has 0 heterocycles. The summed E-state index contributed by atoms with van der Waals surface area (Å²) >= 11 is 0. The first kappa shape index (κ1) is 12.8. The molecule has 3 heteroatoms. The maximum absolute atomic E-state index is 9.35. The monoisotopic (exact) mass is 167 g/mol. The highest BCUT2D eigenvalue weighted by Crippen LogP contribution is 2.20. The lowest BCUT2D eigenvalue weighted by molar-refractivity contribution is -0.372. The van der Waals surface area contributed by atoms with Crippen LogP contribution in [0.5, 0.6) is 0 Å². The van der Waals surface area contributed by atoms with E-state index in [2.05, 4.69) is 5.73 Å². The van der Waals surface area contributed by atoms with Crippen molar-refractivity contribution in [2.45, 2.75) is 33.3 Å². The summed E-state index contributed by atoms with van der Waals surface area (Å²) in [6.07, 6.45) is 0.610. The molecule has 4 N–H and O–H groups in total. The molecule has 0 spiro atoms. The van der Waals surface area contributed by atoms with Gasteiger partial charge in [0, 0.05) is 6.42 Å². The molecular weight excluding hydrogens is 150 g/mol. The molecule has 0 aromatic heterocycles. The Hall–Kier alpha value is 0.210. The lowest BCUT2D eigenvalue weighted by Gasteiger charge is -2.24. The van der Waals surface area contributed by atoms with Crippen molar-refractivity contribution in [2.75, 3.05) is 6.54 Å². The molecule has 0 saturated carbocycles. The van der Waals surface area contributed by atoms with Gasteiger partial charge < -0.3 is 23.2 Å². The Kier molecular flexibility index (Phi) is 6.35. The minimum absolute atomic E-state index is 0. The number of quaternary nitrogens is 1. The van der Waals surface area contributed by atoms with Crippen molar-refractivity contribution in [1.29, 1.82) is 0 Å². The molecule has 0 aromatic carbocycles. The van der Waals surface area contributed by atoms with Crippen LogP contribution in [0.25, 0.3) is 0 Å². The minimum atomic E-state index is -0.199. The number of hydrogen-bond acceptors (Lipinski definition) is 1. The molecule has 0 aliphatic carbocycles. The lowest BCUT2D eigenvalue weighted by Crippen LogP contribution is -3.00. The van der Waals surface area contributed by atoms with Crippen molar-refractivity contribution >= 4 is 0 Å². The van der Waals surface area contributed by atoms with Crippen molar-refractivity contribution < 1.29 is 23.2 Å². The van der Waals surface area contributed by atoms with E-state index in [4.69, 9.17) is 0 Å².